The number of alkyl halides is 2. The van der Waals surface area contributed by atoms with Gasteiger partial charge in [-0.25, -0.2) is 0 Å². The Hall–Kier alpha value is 0.250. The molecule has 0 heterocycles. The molecule has 1 spiro atoms. The number of Topliss-reactive ketones (excluding diaryl/α,β-unsaturated/α-hetero) is 1. The molecule has 0 aromatic carbocycles. The van der Waals surface area contributed by atoms with E-state index in [-0.39, 0.29) is 11.2 Å². The average Bonchev–Trinajstić information content (AvgIpc) is 2.80. The number of carbonyl (C=O) groups is 1. The van der Waals surface area contributed by atoms with Crippen LogP contribution in [0.15, 0.2) is 0 Å². The lowest BCUT2D eigenvalue weighted by atomic mass is 9.65. The number of hydrogen-bond acceptors (Lipinski definition) is 1. The number of halogens is 2. The van der Waals surface area contributed by atoms with Gasteiger partial charge >= 0.3 is 0 Å². The fourth-order valence-corrected chi connectivity index (χ4v) is 3.88. The number of rotatable bonds is 1. The van der Waals surface area contributed by atoms with Gasteiger partial charge in [-0.3, -0.25) is 4.79 Å². The van der Waals surface area contributed by atoms with Gasteiger partial charge in [0.1, 0.15) is 0 Å². The highest BCUT2D eigenvalue weighted by atomic mass is 35.5. The van der Waals surface area contributed by atoms with Crippen molar-refractivity contribution >= 4 is 29.0 Å². The molecule has 3 heteroatoms. The van der Waals surface area contributed by atoms with Gasteiger partial charge in [0.25, 0.3) is 0 Å². The summed E-state index contributed by atoms with van der Waals surface area (Å²) in [6.07, 6.45) is 4.52. The Morgan fingerprint density at radius 2 is 1.83 bits per heavy atom. The summed E-state index contributed by atoms with van der Waals surface area (Å²) in [5, 5.41) is 0. The highest BCUT2D eigenvalue weighted by molar-refractivity contribution is 6.61. The highest BCUT2D eigenvalue weighted by Gasteiger charge is 2.77. The summed E-state index contributed by atoms with van der Waals surface area (Å²) in [5.74, 6) is 1.05. The predicted octanol–water partition coefficient (Wildman–Crippen LogP) is 2.55. The third-order valence-electron chi connectivity index (χ3n) is 3.62. The summed E-state index contributed by atoms with van der Waals surface area (Å²) < 4.78 is -1.02. The van der Waals surface area contributed by atoms with Crippen LogP contribution in [-0.2, 0) is 4.79 Å². The van der Waals surface area contributed by atoms with Crippen LogP contribution in [0.5, 0.6) is 0 Å². The molecule has 1 atom stereocenters. The Morgan fingerprint density at radius 3 is 2.25 bits per heavy atom. The molecular weight excluding hydrogens is 195 g/mol. The molecule has 1 nitrogen and oxygen atoms in total. The lowest BCUT2D eigenvalue weighted by molar-refractivity contribution is -0.139. The van der Waals surface area contributed by atoms with Gasteiger partial charge in [0, 0.05) is 11.3 Å². The van der Waals surface area contributed by atoms with Crippen LogP contribution in [0.3, 0.4) is 0 Å². The quantitative estimate of drug-likeness (QED) is 0.601. The molecule has 0 saturated heterocycles. The number of ketones is 1. The standard InChI is InChI=1S/C9H10Cl2O/c10-9(11)6(5-1-2-5)8(3-4-8)7(9)12/h5-6H,1-4H2. The third kappa shape index (κ3) is 0.667. The average molecular weight is 205 g/mol. The fourth-order valence-electron chi connectivity index (χ4n) is 2.73. The van der Waals surface area contributed by atoms with Crippen molar-refractivity contribution in [3.05, 3.63) is 0 Å². The molecule has 66 valence electrons. The van der Waals surface area contributed by atoms with Crippen molar-refractivity contribution in [2.24, 2.45) is 17.3 Å². The summed E-state index contributed by atoms with van der Waals surface area (Å²) >= 11 is 12.0. The van der Waals surface area contributed by atoms with E-state index in [9.17, 15) is 4.79 Å². The van der Waals surface area contributed by atoms with Crippen LogP contribution >= 0.6 is 23.2 Å². The van der Waals surface area contributed by atoms with Crippen LogP contribution in [0.4, 0.5) is 0 Å². The molecule has 0 N–H and O–H groups in total. The maximum atomic E-state index is 11.5. The first-order chi connectivity index (χ1) is 5.59. The third-order valence-corrected chi connectivity index (χ3v) is 4.44. The molecule has 3 aliphatic carbocycles. The Kier molecular flexibility index (Phi) is 1.18. The normalized spacial score (nSPS) is 41.2. The Bertz CT molecular complexity index is 256. The highest BCUT2D eigenvalue weighted by Crippen LogP contribution is 2.74. The van der Waals surface area contributed by atoms with Crippen LogP contribution in [0, 0.1) is 17.3 Å². The second-order valence-corrected chi connectivity index (χ2v) is 5.81. The van der Waals surface area contributed by atoms with Crippen molar-refractivity contribution in [3.63, 3.8) is 0 Å². The van der Waals surface area contributed by atoms with E-state index in [4.69, 9.17) is 23.2 Å². The minimum Gasteiger partial charge on any atom is -0.296 e. The van der Waals surface area contributed by atoms with E-state index in [0.717, 1.165) is 12.8 Å². The molecule has 3 rings (SSSR count). The summed E-state index contributed by atoms with van der Waals surface area (Å²) in [4.78, 5) is 11.5. The largest absolute Gasteiger partial charge is 0.296 e. The minimum absolute atomic E-state index is 0.0370. The van der Waals surface area contributed by atoms with Crippen molar-refractivity contribution in [2.75, 3.05) is 0 Å². The number of hydrogen-bond donors (Lipinski definition) is 0. The molecule has 0 aliphatic heterocycles. The summed E-state index contributed by atoms with van der Waals surface area (Å²) in [6, 6.07) is 0. The molecule has 1 unspecified atom stereocenters. The van der Waals surface area contributed by atoms with E-state index < -0.39 is 4.33 Å². The van der Waals surface area contributed by atoms with Gasteiger partial charge in [0.15, 0.2) is 10.1 Å². The predicted molar refractivity (Wildman–Crippen MR) is 47.3 cm³/mol. The monoisotopic (exact) mass is 204 g/mol. The van der Waals surface area contributed by atoms with Crippen LogP contribution < -0.4 is 0 Å². The van der Waals surface area contributed by atoms with Crippen LogP contribution in [0.1, 0.15) is 25.7 Å². The van der Waals surface area contributed by atoms with Crippen LogP contribution in [0.25, 0.3) is 0 Å². The lowest BCUT2D eigenvalue weighted by Gasteiger charge is -2.46. The fraction of sp³-hybridized carbons (Fsp3) is 0.889. The van der Waals surface area contributed by atoms with Gasteiger partial charge in [-0.15, -0.1) is 0 Å². The molecule has 0 radical (unpaired) electrons. The Morgan fingerprint density at radius 1 is 1.25 bits per heavy atom. The molecule has 3 fully saturated rings. The van der Waals surface area contributed by atoms with Crippen molar-refractivity contribution in [1.82, 2.24) is 0 Å². The lowest BCUT2D eigenvalue weighted by Crippen LogP contribution is -2.59. The molecule has 0 aromatic heterocycles. The molecule has 3 aliphatic rings. The van der Waals surface area contributed by atoms with E-state index in [1.54, 1.807) is 0 Å². The Balaban J connectivity index is 1.94. The second-order valence-electron chi connectivity index (χ2n) is 4.42. The zero-order chi connectivity index (χ0) is 8.56. The molecule has 0 amide bonds. The van der Waals surface area contributed by atoms with Gasteiger partial charge in [0.05, 0.1) is 0 Å². The first-order valence-corrected chi connectivity index (χ1v) is 5.27. The molecule has 3 saturated carbocycles. The molecule has 0 aromatic rings. The van der Waals surface area contributed by atoms with Gasteiger partial charge < -0.3 is 0 Å². The zero-order valence-corrected chi connectivity index (χ0v) is 8.16. The van der Waals surface area contributed by atoms with Gasteiger partial charge in [-0.05, 0) is 31.6 Å². The van der Waals surface area contributed by atoms with Crippen molar-refractivity contribution < 1.29 is 4.79 Å². The van der Waals surface area contributed by atoms with Crippen LogP contribution in [0.2, 0.25) is 0 Å². The first kappa shape index (κ1) is 7.64. The van der Waals surface area contributed by atoms with Gasteiger partial charge in [-0.2, -0.15) is 0 Å². The summed E-state index contributed by atoms with van der Waals surface area (Å²) in [6.45, 7) is 0. The van der Waals surface area contributed by atoms with E-state index >= 15 is 0 Å². The van der Waals surface area contributed by atoms with Crippen molar-refractivity contribution in [2.45, 2.75) is 30.0 Å². The smallest absolute Gasteiger partial charge is 0.180 e. The van der Waals surface area contributed by atoms with E-state index in [1.165, 1.54) is 12.8 Å². The van der Waals surface area contributed by atoms with Gasteiger partial charge in [0.2, 0.25) is 0 Å². The van der Waals surface area contributed by atoms with Gasteiger partial charge in [-0.1, -0.05) is 23.2 Å². The van der Waals surface area contributed by atoms with E-state index in [2.05, 4.69) is 0 Å². The minimum atomic E-state index is -1.02. The van der Waals surface area contributed by atoms with Crippen molar-refractivity contribution in [1.29, 1.82) is 0 Å². The zero-order valence-electron chi connectivity index (χ0n) is 6.65. The maximum Gasteiger partial charge on any atom is 0.180 e. The summed E-state index contributed by atoms with van der Waals surface area (Å²) in [7, 11) is 0. The molecule has 12 heavy (non-hydrogen) atoms. The first-order valence-electron chi connectivity index (χ1n) is 4.52. The van der Waals surface area contributed by atoms with Crippen LogP contribution in [-0.4, -0.2) is 10.1 Å². The van der Waals surface area contributed by atoms with E-state index in [1.807, 2.05) is 0 Å². The maximum absolute atomic E-state index is 11.5. The van der Waals surface area contributed by atoms with E-state index in [0.29, 0.717) is 11.8 Å². The molecule has 0 bridgehead atoms. The summed E-state index contributed by atoms with van der Waals surface area (Å²) in [5.41, 5.74) is -0.0370. The topological polar surface area (TPSA) is 17.1 Å². The van der Waals surface area contributed by atoms with Crippen molar-refractivity contribution in [3.8, 4) is 0 Å². The molecular formula is C9H10Cl2O. The number of carbonyl (C=O) groups excluding carboxylic acids is 1. The SMILES string of the molecule is O=C1C(Cl)(Cl)C(C2CC2)C12CC2. The Labute approximate surface area is 81.4 Å². The second kappa shape index (κ2) is 1.85.